The number of hydrogen-bond acceptors (Lipinski definition) is 7. The summed E-state index contributed by atoms with van der Waals surface area (Å²) >= 11 is 0. The Hall–Kier alpha value is -4.29. The molecule has 0 aliphatic heterocycles. The Morgan fingerprint density at radius 3 is 2.74 bits per heavy atom. The quantitative estimate of drug-likeness (QED) is 0.270. The Balaban J connectivity index is 1.38. The molecular weight excluding hydrogens is 500 g/mol. The molecule has 1 aliphatic rings. The van der Waals surface area contributed by atoms with Gasteiger partial charge in [0.2, 0.25) is 5.82 Å². The second-order valence-corrected chi connectivity index (χ2v) is 11.1. The molecule has 8 nitrogen and oxygen atoms in total. The molecule has 4 aromatic rings. The lowest BCUT2D eigenvalue weighted by Gasteiger charge is -2.11. The summed E-state index contributed by atoms with van der Waals surface area (Å²) in [6, 6.07) is 22.2. The van der Waals surface area contributed by atoms with Crippen LogP contribution in [0, 0.1) is 11.3 Å². The normalized spacial score (nSPS) is 15.1. The summed E-state index contributed by atoms with van der Waals surface area (Å²) in [4.78, 5) is 4.59. The minimum atomic E-state index is -3.63. The van der Waals surface area contributed by atoms with E-state index in [9.17, 15) is 13.7 Å². The zero-order valence-corrected chi connectivity index (χ0v) is 21.9. The molecule has 192 valence electrons. The van der Waals surface area contributed by atoms with Gasteiger partial charge in [-0.1, -0.05) is 53.7 Å². The van der Waals surface area contributed by atoms with E-state index in [2.05, 4.69) is 20.6 Å². The Labute approximate surface area is 221 Å². The van der Waals surface area contributed by atoms with E-state index >= 15 is 0 Å². The Morgan fingerprint density at radius 2 is 1.97 bits per heavy atom. The highest BCUT2D eigenvalue weighted by Crippen LogP contribution is 2.38. The topological polar surface area (TPSA) is 118 Å². The number of hydrogen-bond donors (Lipinski definition) is 0. The highest BCUT2D eigenvalue weighted by atomic mass is 32.2. The first-order chi connectivity index (χ1) is 18.3. The molecule has 1 aromatic heterocycles. The van der Waals surface area contributed by atoms with Gasteiger partial charge in [0.05, 0.1) is 17.4 Å². The van der Waals surface area contributed by atoms with Crippen LogP contribution >= 0.6 is 0 Å². The van der Waals surface area contributed by atoms with Gasteiger partial charge in [-0.25, -0.2) is 8.42 Å². The molecular formula is C29H26N4O4S. The van der Waals surface area contributed by atoms with Gasteiger partial charge in [-0.05, 0) is 61.6 Å². The molecule has 38 heavy (non-hydrogen) atoms. The third-order valence-corrected chi connectivity index (χ3v) is 7.43. The fourth-order valence-electron chi connectivity index (χ4n) is 4.60. The van der Waals surface area contributed by atoms with E-state index in [1.54, 1.807) is 36.5 Å². The number of aromatic nitrogens is 2. The van der Waals surface area contributed by atoms with Gasteiger partial charge in [0.1, 0.15) is 11.8 Å². The largest absolute Gasteiger partial charge is 0.490 e. The Morgan fingerprint density at radius 1 is 1.16 bits per heavy atom. The molecule has 3 aromatic carbocycles. The van der Waals surface area contributed by atoms with Crippen LogP contribution in [0.2, 0.25) is 0 Å². The van der Waals surface area contributed by atoms with Gasteiger partial charge < -0.3 is 9.26 Å². The van der Waals surface area contributed by atoms with Crippen LogP contribution in [-0.4, -0.2) is 30.9 Å². The molecule has 0 bridgehead atoms. The SMILES string of the molecule is CC(C)Oc1ccc(-c2nc(-c3cccc4c3CCC4C=NS(=O)(=O)Cc3ccccc3)no2)cc1C#N. The van der Waals surface area contributed by atoms with Crippen molar-refractivity contribution < 1.29 is 17.7 Å². The van der Waals surface area contributed by atoms with Crippen molar-refractivity contribution in [3.05, 3.63) is 89.0 Å². The zero-order chi connectivity index (χ0) is 26.7. The standard InChI is InChI=1S/C29H26N4O4S/c1-19(2)36-27-14-12-21(15-23(27)16-30)29-32-28(33-37-29)26-10-6-9-24-22(11-13-25(24)26)17-31-38(34,35)18-20-7-4-3-5-8-20/h3-10,12,14-15,17,19,22H,11,13,18H2,1-2H3. The van der Waals surface area contributed by atoms with E-state index in [-0.39, 0.29) is 17.8 Å². The van der Waals surface area contributed by atoms with Crippen LogP contribution in [0.25, 0.3) is 22.8 Å². The van der Waals surface area contributed by atoms with Gasteiger partial charge >= 0.3 is 0 Å². The molecule has 0 fully saturated rings. The zero-order valence-electron chi connectivity index (χ0n) is 21.0. The summed E-state index contributed by atoms with van der Waals surface area (Å²) in [6.07, 6.45) is 2.97. The maximum atomic E-state index is 12.6. The number of sulfonamides is 1. The molecule has 0 N–H and O–H groups in total. The van der Waals surface area contributed by atoms with Crippen LogP contribution in [0.15, 0.2) is 75.7 Å². The van der Waals surface area contributed by atoms with E-state index in [1.165, 1.54) is 0 Å². The van der Waals surface area contributed by atoms with E-state index in [4.69, 9.17) is 9.26 Å². The first kappa shape index (κ1) is 25.4. The number of nitrogens with zero attached hydrogens (tertiary/aromatic N) is 4. The number of fused-ring (bicyclic) bond motifs is 1. The van der Waals surface area contributed by atoms with Gasteiger partial charge in [0, 0.05) is 23.3 Å². The summed E-state index contributed by atoms with van der Waals surface area (Å²) in [7, 11) is -3.63. The molecule has 1 heterocycles. The lowest BCUT2D eigenvalue weighted by atomic mass is 9.99. The fraction of sp³-hybridized carbons (Fsp3) is 0.241. The molecule has 0 amide bonds. The fourth-order valence-corrected chi connectivity index (χ4v) is 5.62. The number of ether oxygens (including phenoxy) is 1. The van der Waals surface area contributed by atoms with Crippen molar-refractivity contribution in [2.75, 3.05) is 0 Å². The van der Waals surface area contributed by atoms with Gasteiger partial charge in [-0.2, -0.15) is 14.6 Å². The summed E-state index contributed by atoms with van der Waals surface area (Å²) < 4.78 is 40.3. The summed E-state index contributed by atoms with van der Waals surface area (Å²) in [5, 5.41) is 13.7. The van der Waals surface area contributed by atoms with Crippen LogP contribution < -0.4 is 4.74 Å². The molecule has 0 spiro atoms. The molecule has 5 rings (SSSR count). The van der Waals surface area contributed by atoms with Crippen LogP contribution in [0.5, 0.6) is 5.75 Å². The minimum absolute atomic E-state index is 0.0547. The van der Waals surface area contributed by atoms with E-state index in [0.717, 1.165) is 29.5 Å². The van der Waals surface area contributed by atoms with Crippen LogP contribution in [-0.2, 0) is 22.2 Å². The van der Waals surface area contributed by atoms with Gasteiger partial charge in [-0.3, -0.25) is 0 Å². The lowest BCUT2D eigenvalue weighted by Crippen LogP contribution is -2.06. The smallest absolute Gasteiger partial charge is 0.258 e. The summed E-state index contributed by atoms with van der Waals surface area (Å²) in [5.41, 5.74) is 4.61. The van der Waals surface area contributed by atoms with Gasteiger partial charge in [0.25, 0.3) is 15.9 Å². The molecule has 1 atom stereocenters. The third kappa shape index (κ3) is 5.50. The van der Waals surface area contributed by atoms with Crippen molar-refractivity contribution in [2.24, 2.45) is 4.40 Å². The second-order valence-electron chi connectivity index (χ2n) is 9.40. The maximum Gasteiger partial charge on any atom is 0.258 e. The Bertz CT molecular complexity index is 1640. The van der Waals surface area contributed by atoms with Gasteiger partial charge in [-0.15, -0.1) is 0 Å². The van der Waals surface area contributed by atoms with Crippen molar-refractivity contribution in [3.63, 3.8) is 0 Å². The van der Waals surface area contributed by atoms with Crippen molar-refractivity contribution in [2.45, 2.75) is 44.5 Å². The van der Waals surface area contributed by atoms with Crippen molar-refractivity contribution in [1.82, 2.24) is 10.1 Å². The Kier molecular flexibility index (Phi) is 7.07. The number of benzene rings is 3. The van der Waals surface area contributed by atoms with E-state index in [1.807, 2.05) is 50.2 Å². The van der Waals surface area contributed by atoms with Crippen LogP contribution in [0.1, 0.15) is 48.4 Å². The lowest BCUT2D eigenvalue weighted by molar-refractivity contribution is 0.241. The summed E-state index contributed by atoms with van der Waals surface area (Å²) in [6.45, 7) is 3.80. The molecule has 0 radical (unpaired) electrons. The monoisotopic (exact) mass is 526 g/mol. The molecule has 1 aliphatic carbocycles. The van der Waals surface area contributed by atoms with Crippen LogP contribution in [0.3, 0.4) is 0 Å². The minimum Gasteiger partial charge on any atom is -0.490 e. The number of nitriles is 1. The summed E-state index contributed by atoms with van der Waals surface area (Å²) in [5.74, 6) is 0.993. The van der Waals surface area contributed by atoms with Crippen LogP contribution in [0.4, 0.5) is 0 Å². The highest BCUT2D eigenvalue weighted by Gasteiger charge is 2.26. The predicted octanol–water partition coefficient (Wildman–Crippen LogP) is 5.69. The first-order valence-electron chi connectivity index (χ1n) is 12.3. The molecule has 0 saturated heterocycles. The van der Waals surface area contributed by atoms with E-state index < -0.39 is 10.0 Å². The van der Waals surface area contributed by atoms with E-state index in [0.29, 0.717) is 34.2 Å². The number of rotatable bonds is 8. The maximum absolute atomic E-state index is 12.6. The van der Waals surface area contributed by atoms with Crippen molar-refractivity contribution >= 4 is 16.2 Å². The van der Waals surface area contributed by atoms with Crippen molar-refractivity contribution in [3.8, 4) is 34.7 Å². The average Bonchev–Trinajstić information content (AvgIpc) is 3.55. The second kappa shape index (κ2) is 10.6. The van der Waals surface area contributed by atoms with Gasteiger partial charge in [0.15, 0.2) is 0 Å². The first-order valence-corrected chi connectivity index (χ1v) is 13.9. The average molecular weight is 527 g/mol. The highest BCUT2D eigenvalue weighted by molar-refractivity contribution is 7.89. The molecule has 0 saturated carbocycles. The van der Waals surface area contributed by atoms with Crippen molar-refractivity contribution in [1.29, 1.82) is 5.26 Å². The molecule has 1 unspecified atom stereocenters. The predicted molar refractivity (Wildman–Crippen MR) is 144 cm³/mol. The third-order valence-electron chi connectivity index (χ3n) is 6.29. The molecule has 9 heteroatoms.